The SMILES string of the molecule is CC(C)(C)OC(=O)Nc1nc2n[c][nH]c2c(=O)[nH]1. The topological polar surface area (TPSA) is 113 Å². The van der Waals surface area contributed by atoms with Crippen LogP contribution in [0.25, 0.3) is 11.2 Å². The number of aromatic amines is 2. The van der Waals surface area contributed by atoms with Crippen LogP contribution in [0.4, 0.5) is 10.7 Å². The predicted molar refractivity (Wildman–Crippen MR) is 63.2 cm³/mol. The zero-order chi connectivity index (χ0) is 13.3. The van der Waals surface area contributed by atoms with E-state index in [2.05, 4.69) is 31.6 Å². The molecule has 0 aliphatic heterocycles. The highest BCUT2D eigenvalue weighted by molar-refractivity contribution is 5.83. The summed E-state index contributed by atoms with van der Waals surface area (Å²) in [5, 5.41) is 2.33. The van der Waals surface area contributed by atoms with Gasteiger partial charge in [0, 0.05) is 0 Å². The molecule has 8 nitrogen and oxygen atoms in total. The maximum atomic E-state index is 11.5. The molecule has 18 heavy (non-hydrogen) atoms. The Balaban J connectivity index is 2.22. The van der Waals surface area contributed by atoms with Crippen molar-refractivity contribution in [1.82, 2.24) is 19.9 Å². The Kier molecular flexibility index (Phi) is 2.77. The Morgan fingerprint density at radius 1 is 1.44 bits per heavy atom. The molecule has 8 heteroatoms. The van der Waals surface area contributed by atoms with Crippen LogP contribution in [0.3, 0.4) is 0 Å². The smallest absolute Gasteiger partial charge is 0.414 e. The molecule has 1 amide bonds. The van der Waals surface area contributed by atoms with Crippen molar-refractivity contribution in [2.24, 2.45) is 0 Å². The molecule has 1 radical (unpaired) electrons. The number of rotatable bonds is 1. The zero-order valence-electron chi connectivity index (χ0n) is 10.1. The Labute approximate surface area is 102 Å². The summed E-state index contributed by atoms with van der Waals surface area (Å²) in [6.45, 7) is 5.19. The van der Waals surface area contributed by atoms with Crippen molar-refractivity contribution < 1.29 is 9.53 Å². The second-order valence-corrected chi connectivity index (χ2v) is 4.59. The highest BCUT2D eigenvalue weighted by Gasteiger charge is 2.17. The van der Waals surface area contributed by atoms with Gasteiger partial charge in [-0.1, -0.05) is 0 Å². The van der Waals surface area contributed by atoms with Crippen molar-refractivity contribution in [3.63, 3.8) is 0 Å². The van der Waals surface area contributed by atoms with E-state index in [-0.39, 0.29) is 17.1 Å². The number of fused-ring (bicyclic) bond motifs is 1. The van der Waals surface area contributed by atoms with Crippen LogP contribution in [-0.4, -0.2) is 31.6 Å². The average Bonchev–Trinajstić information content (AvgIpc) is 2.62. The van der Waals surface area contributed by atoms with E-state index >= 15 is 0 Å². The maximum Gasteiger partial charge on any atom is 0.414 e. The lowest BCUT2D eigenvalue weighted by atomic mass is 10.2. The molecule has 0 fully saturated rings. The molecule has 3 N–H and O–H groups in total. The number of aromatic nitrogens is 4. The van der Waals surface area contributed by atoms with Crippen molar-refractivity contribution >= 4 is 23.2 Å². The molecule has 0 aliphatic rings. The fraction of sp³-hybridized carbons (Fsp3) is 0.400. The van der Waals surface area contributed by atoms with Crippen LogP contribution in [-0.2, 0) is 4.74 Å². The minimum atomic E-state index is -0.704. The van der Waals surface area contributed by atoms with Crippen LogP contribution in [0, 0.1) is 6.33 Å². The van der Waals surface area contributed by atoms with Crippen molar-refractivity contribution in [2.75, 3.05) is 5.32 Å². The maximum absolute atomic E-state index is 11.5. The van der Waals surface area contributed by atoms with Gasteiger partial charge >= 0.3 is 6.09 Å². The van der Waals surface area contributed by atoms with Gasteiger partial charge in [-0.3, -0.25) is 15.1 Å². The van der Waals surface area contributed by atoms with E-state index in [4.69, 9.17) is 4.74 Å². The molecule has 0 atom stereocenters. The van der Waals surface area contributed by atoms with Crippen molar-refractivity contribution in [1.29, 1.82) is 0 Å². The molecule has 0 aromatic carbocycles. The fourth-order valence-corrected chi connectivity index (χ4v) is 1.25. The quantitative estimate of drug-likeness (QED) is 0.692. The van der Waals surface area contributed by atoms with Gasteiger partial charge < -0.3 is 9.72 Å². The minimum Gasteiger partial charge on any atom is -0.444 e. The molecule has 0 bridgehead atoms. The third kappa shape index (κ3) is 2.65. The van der Waals surface area contributed by atoms with Crippen molar-refractivity contribution in [3.8, 4) is 0 Å². The molecule has 0 saturated carbocycles. The lowest BCUT2D eigenvalue weighted by Gasteiger charge is -2.19. The number of hydrogen-bond donors (Lipinski definition) is 3. The summed E-state index contributed by atoms with van der Waals surface area (Å²) in [4.78, 5) is 35.6. The lowest BCUT2D eigenvalue weighted by Crippen LogP contribution is -2.28. The van der Waals surface area contributed by atoms with Crippen LogP contribution in [0.1, 0.15) is 20.8 Å². The summed E-state index contributed by atoms with van der Waals surface area (Å²) >= 11 is 0. The number of nitrogens with one attached hydrogen (secondary N) is 3. The number of hydrogen-bond acceptors (Lipinski definition) is 5. The number of ether oxygens (including phenoxy) is 1. The molecule has 0 aliphatic carbocycles. The van der Waals surface area contributed by atoms with E-state index in [9.17, 15) is 9.59 Å². The standard InChI is InChI=1S/C10H12N5O3/c1-10(2,3)18-9(17)15-8-13-6-5(7(16)14-8)11-4-12-6/h1-3H3,(H3,11,12,13,14,15,16,17). The molecule has 0 saturated heterocycles. The van der Waals surface area contributed by atoms with Gasteiger partial charge in [0.05, 0.1) is 0 Å². The van der Waals surface area contributed by atoms with Gasteiger partial charge in [-0.15, -0.1) is 0 Å². The Bertz CT molecular complexity index is 637. The first-order chi connectivity index (χ1) is 8.35. The summed E-state index contributed by atoms with van der Waals surface area (Å²) in [7, 11) is 0. The molecule has 2 rings (SSSR count). The van der Waals surface area contributed by atoms with Gasteiger partial charge in [0.1, 0.15) is 5.60 Å². The summed E-state index contributed by atoms with van der Waals surface area (Å²) in [5.74, 6) is -0.0257. The second kappa shape index (κ2) is 4.13. The number of amides is 1. The number of H-pyrrole nitrogens is 2. The van der Waals surface area contributed by atoms with Gasteiger partial charge in [0.2, 0.25) is 5.95 Å². The van der Waals surface area contributed by atoms with Crippen molar-refractivity contribution in [2.45, 2.75) is 26.4 Å². The monoisotopic (exact) mass is 250 g/mol. The van der Waals surface area contributed by atoms with Crippen LogP contribution >= 0.6 is 0 Å². The number of carbonyl (C=O) groups is 1. The molecule has 95 valence electrons. The van der Waals surface area contributed by atoms with E-state index < -0.39 is 17.3 Å². The molecule has 2 aromatic heterocycles. The third-order valence-corrected chi connectivity index (χ3v) is 1.86. The summed E-state index contributed by atoms with van der Waals surface area (Å²) in [6.07, 6.45) is 1.69. The number of carbonyl (C=O) groups excluding carboxylic acids is 1. The van der Waals surface area contributed by atoms with Crippen molar-refractivity contribution in [3.05, 3.63) is 16.7 Å². The zero-order valence-corrected chi connectivity index (χ0v) is 10.1. The largest absolute Gasteiger partial charge is 0.444 e. The van der Waals surface area contributed by atoms with E-state index in [0.717, 1.165) is 0 Å². The van der Waals surface area contributed by atoms with Crippen LogP contribution in [0.5, 0.6) is 0 Å². The first-order valence-corrected chi connectivity index (χ1v) is 5.21. The molecule has 0 unspecified atom stereocenters. The summed E-state index contributed by atoms with van der Waals surface area (Å²) in [5.41, 5.74) is -0.705. The molecular formula is C10H12N5O3. The molecule has 0 spiro atoms. The van der Waals surface area contributed by atoms with E-state index in [1.165, 1.54) is 0 Å². The van der Waals surface area contributed by atoms with Gasteiger partial charge in [-0.25, -0.2) is 9.78 Å². The fourth-order valence-electron chi connectivity index (χ4n) is 1.25. The van der Waals surface area contributed by atoms with Gasteiger partial charge in [-0.05, 0) is 20.8 Å². The molecule has 2 heterocycles. The first-order valence-electron chi connectivity index (χ1n) is 5.21. The lowest BCUT2D eigenvalue weighted by molar-refractivity contribution is 0.0634. The predicted octanol–water partition coefficient (Wildman–Crippen LogP) is 0.793. The highest BCUT2D eigenvalue weighted by Crippen LogP contribution is 2.09. The number of imidazole rings is 1. The summed E-state index contributed by atoms with van der Waals surface area (Å²) in [6, 6.07) is 0. The van der Waals surface area contributed by atoms with E-state index in [1.807, 2.05) is 0 Å². The van der Waals surface area contributed by atoms with Gasteiger partial charge in [-0.2, -0.15) is 4.98 Å². The van der Waals surface area contributed by atoms with Gasteiger partial charge in [0.15, 0.2) is 17.5 Å². The van der Waals surface area contributed by atoms with Gasteiger partial charge in [0.25, 0.3) is 5.56 Å². The Morgan fingerprint density at radius 3 is 2.83 bits per heavy atom. The Morgan fingerprint density at radius 2 is 2.17 bits per heavy atom. The number of nitrogens with zero attached hydrogens (tertiary/aromatic N) is 2. The molecule has 2 aromatic rings. The number of anilines is 1. The average molecular weight is 250 g/mol. The third-order valence-electron chi connectivity index (χ3n) is 1.86. The highest BCUT2D eigenvalue weighted by atomic mass is 16.6. The van der Waals surface area contributed by atoms with Crippen LogP contribution in [0.15, 0.2) is 4.79 Å². The van der Waals surface area contributed by atoms with E-state index in [1.54, 1.807) is 20.8 Å². The first kappa shape index (κ1) is 12.1. The van der Waals surface area contributed by atoms with Crippen LogP contribution in [0.2, 0.25) is 0 Å². The van der Waals surface area contributed by atoms with Crippen LogP contribution < -0.4 is 10.9 Å². The van der Waals surface area contributed by atoms with E-state index in [0.29, 0.717) is 0 Å². The molecular weight excluding hydrogens is 238 g/mol. The Hall–Kier alpha value is -2.38. The summed E-state index contributed by atoms with van der Waals surface area (Å²) < 4.78 is 5.03. The second-order valence-electron chi connectivity index (χ2n) is 4.59. The minimum absolute atomic E-state index is 0.0257. The normalized spacial score (nSPS) is 11.5.